The van der Waals surface area contributed by atoms with Crippen molar-refractivity contribution in [3.05, 3.63) is 29.8 Å². The molecule has 0 aromatic heterocycles. The summed E-state index contributed by atoms with van der Waals surface area (Å²) in [7, 11) is 0.281. The Morgan fingerprint density at radius 1 is 1.16 bits per heavy atom. The lowest BCUT2D eigenvalue weighted by molar-refractivity contribution is -0.137. The molecule has 1 atom stereocenters. The van der Waals surface area contributed by atoms with Crippen molar-refractivity contribution in [1.82, 2.24) is 4.31 Å². The van der Waals surface area contributed by atoms with Crippen molar-refractivity contribution >= 4 is 11.0 Å². The summed E-state index contributed by atoms with van der Waals surface area (Å²) in [6.45, 7) is 6.58. The number of halogens is 3. The van der Waals surface area contributed by atoms with Crippen LogP contribution in [-0.2, 0) is 17.2 Å². The van der Waals surface area contributed by atoms with Gasteiger partial charge >= 0.3 is 6.18 Å². The van der Waals surface area contributed by atoms with Gasteiger partial charge in [-0.3, -0.25) is 0 Å². The molecule has 0 bridgehead atoms. The molecule has 2 nitrogen and oxygen atoms in total. The molecule has 6 heteroatoms. The average Bonchev–Trinajstić information content (AvgIpc) is 2.39. The Bertz CT molecular complexity index is 390. The van der Waals surface area contributed by atoms with E-state index in [0.717, 1.165) is 18.6 Å². The Morgan fingerprint density at radius 3 is 2.00 bits per heavy atom. The molecule has 1 aromatic carbocycles. The number of rotatable bonds is 4. The van der Waals surface area contributed by atoms with Crippen LogP contribution in [0.2, 0.25) is 0 Å². The summed E-state index contributed by atoms with van der Waals surface area (Å²) in [4.78, 5) is 0.383. The highest BCUT2D eigenvalue weighted by Gasteiger charge is 2.30. The number of nitrogens with zero attached hydrogens (tertiary/aromatic N) is 1. The molecule has 0 spiro atoms. The second-order valence-corrected chi connectivity index (χ2v) is 5.22. The van der Waals surface area contributed by atoms with Crippen molar-refractivity contribution < 1.29 is 17.4 Å². The Kier molecular flexibility index (Phi) is 7.94. The van der Waals surface area contributed by atoms with Crippen LogP contribution in [0.5, 0.6) is 0 Å². The highest BCUT2D eigenvalue weighted by Crippen LogP contribution is 2.29. The molecule has 1 aromatic rings. The van der Waals surface area contributed by atoms with E-state index in [1.54, 1.807) is 11.4 Å². The van der Waals surface area contributed by atoms with Crippen LogP contribution < -0.4 is 0 Å². The Balaban J connectivity index is 0.00000154. The first-order valence-corrected chi connectivity index (χ1v) is 7.27. The van der Waals surface area contributed by atoms with E-state index in [0.29, 0.717) is 11.4 Å². The first-order chi connectivity index (χ1) is 8.86. The molecule has 1 unspecified atom stereocenters. The zero-order valence-corrected chi connectivity index (χ0v) is 12.4. The molecule has 0 aliphatic rings. The third kappa shape index (κ3) is 5.74. The fourth-order valence-corrected chi connectivity index (χ4v) is 2.42. The van der Waals surface area contributed by atoms with Gasteiger partial charge in [-0.05, 0) is 30.7 Å². The summed E-state index contributed by atoms with van der Waals surface area (Å²) >= 11 is 0. The van der Waals surface area contributed by atoms with Gasteiger partial charge in [-0.25, -0.2) is 8.51 Å². The van der Waals surface area contributed by atoms with Gasteiger partial charge in [0.2, 0.25) is 0 Å². The minimum atomic E-state index is -4.35. The zero-order valence-electron chi connectivity index (χ0n) is 11.6. The Labute approximate surface area is 115 Å². The fourth-order valence-electron chi connectivity index (χ4n) is 1.34. The quantitative estimate of drug-likeness (QED) is 0.819. The van der Waals surface area contributed by atoms with Gasteiger partial charge in [-0.1, -0.05) is 20.8 Å². The second-order valence-electron chi connectivity index (χ2n) is 3.62. The minimum absolute atomic E-state index is 0.383. The standard InChI is InChI=1S/C11H14F3NOS.C2H6/c1-3-8-15(2)17(16)10-6-4-9(5-7-10)11(12,13)14;1-2/h4-7H,3,8H2,1-2H3;1-2H3. The minimum Gasteiger partial charge on any atom is -0.237 e. The third-order valence-electron chi connectivity index (χ3n) is 2.20. The van der Waals surface area contributed by atoms with Crippen LogP contribution in [0, 0.1) is 0 Å². The monoisotopic (exact) mass is 295 g/mol. The summed E-state index contributed by atoms with van der Waals surface area (Å²) in [5.74, 6) is 0. The molecule has 0 amide bonds. The lowest BCUT2D eigenvalue weighted by atomic mass is 10.2. The zero-order chi connectivity index (χ0) is 15.1. The largest absolute Gasteiger partial charge is 0.416 e. The summed E-state index contributed by atoms with van der Waals surface area (Å²) in [6.07, 6.45) is -3.52. The number of hydrogen-bond acceptors (Lipinski definition) is 1. The Morgan fingerprint density at radius 2 is 1.63 bits per heavy atom. The van der Waals surface area contributed by atoms with Gasteiger partial charge in [0.1, 0.15) is 11.0 Å². The van der Waals surface area contributed by atoms with Gasteiger partial charge in [-0.2, -0.15) is 13.2 Å². The van der Waals surface area contributed by atoms with E-state index in [1.165, 1.54) is 12.1 Å². The number of benzene rings is 1. The van der Waals surface area contributed by atoms with Gasteiger partial charge in [-0.15, -0.1) is 0 Å². The summed E-state index contributed by atoms with van der Waals surface area (Å²) in [5, 5.41) is 0. The normalized spacial score (nSPS) is 12.8. The summed E-state index contributed by atoms with van der Waals surface area (Å²) in [6, 6.07) is 4.41. The number of alkyl halides is 3. The second kappa shape index (κ2) is 8.32. The molecule has 110 valence electrons. The van der Waals surface area contributed by atoms with E-state index in [-0.39, 0.29) is 0 Å². The van der Waals surface area contributed by atoms with Gasteiger partial charge in [0.05, 0.1) is 10.5 Å². The molecule has 1 rings (SSSR count). The summed E-state index contributed by atoms with van der Waals surface area (Å²) < 4.78 is 50.4. The molecule has 0 fully saturated rings. The van der Waals surface area contributed by atoms with E-state index < -0.39 is 22.7 Å². The maximum Gasteiger partial charge on any atom is 0.416 e. The molecular weight excluding hydrogens is 275 g/mol. The molecular formula is C13H20F3NOS. The van der Waals surface area contributed by atoms with E-state index in [1.807, 2.05) is 20.8 Å². The predicted molar refractivity (Wildman–Crippen MR) is 72.1 cm³/mol. The van der Waals surface area contributed by atoms with Gasteiger partial charge in [0, 0.05) is 13.6 Å². The number of hydrogen-bond donors (Lipinski definition) is 0. The topological polar surface area (TPSA) is 20.3 Å². The van der Waals surface area contributed by atoms with Crippen LogP contribution in [0.3, 0.4) is 0 Å². The van der Waals surface area contributed by atoms with E-state index in [9.17, 15) is 17.4 Å². The van der Waals surface area contributed by atoms with Crippen LogP contribution >= 0.6 is 0 Å². The van der Waals surface area contributed by atoms with Crippen molar-refractivity contribution in [2.45, 2.75) is 38.3 Å². The first-order valence-electron chi connectivity index (χ1n) is 6.16. The molecule has 0 saturated carbocycles. The highest BCUT2D eigenvalue weighted by atomic mass is 32.2. The maximum absolute atomic E-state index is 12.3. The predicted octanol–water partition coefficient (Wildman–Crippen LogP) is 4.10. The van der Waals surface area contributed by atoms with Crippen molar-refractivity contribution in [2.75, 3.05) is 13.6 Å². The van der Waals surface area contributed by atoms with E-state index >= 15 is 0 Å². The van der Waals surface area contributed by atoms with Gasteiger partial charge in [0.15, 0.2) is 0 Å². The maximum atomic E-state index is 12.3. The lowest BCUT2D eigenvalue weighted by Crippen LogP contribution is -2.22. The first kappa shape index (κ1) is 18.1. The van der Waals surface area contributed by atoms with Crippen LogP contribution in [0.25, 0.3) is 0 Å². The SMILES string of the molecule is CC.CCCN(C)S(=O)c1ccc(C(F)(F)F)cc1. The molecule has 0 aliphatic carbocycles. The smallest absolute Gasteiger partial charge is 0.237 e. The third-order valence-corrected chi connectivity index (χ3v) is 3.63. The van der Waals surface area contributed by atoms with Gasteiger partial charge < -0.3 is 0 Å². The lowest BCUT2D eigenvalue weighted by Gasteiger charge is -2.15. The Hall–Kier alpha value is -0.880. The molecule has 0 N–H and O–H groups in total. The molecule has 0 saturated heterocycles. The summed E-state index contributed by atoms with van der Waals surface area (Å²) in [5.41, 5.74) is -0.726. The van der Waals surface area contributed by atoms with Crippen molar-refractivity contribution in [1.29, 1.82) is 0 Å². The highest BCUT2D eigenvalue weighted by molar-refractivity contribution is 7.82. The fraction of sp³-hybridized carbons (Fsp3) is 0.538. The van der Waals surface area contributed by atoms with Crippen molar-refractivity contribution in [3.63, 3.8) is 0 Å². The molecule has 0 heterocycles. The van der Waals surface area contributed by atoms with Gasteiger partial charge in [0.25, 0.3) is 0 Å². The van der Waals surface area contributed by atoms with Crippen LogP contribution in [0.1, 0.15) is 32.8 Å². The molecule has 0 aliphatic heterocycles. The van der Waals surface area contributed by atoms with Crippen LogP contribution in [-0.4, -0.2) is 22.1 Å². The van der Waals surface area contributed by atoms with Crippen molar-refractivity contribution in [2.24, 2.45) is 0 Å². The van der Waals surface area contributed by atoms with Crippen molar-refractivity contribution in [3.8, 4) is 0 Å². The average molecular weight is 295 g/mol. The van der Waals surface area contributed by atoms with E-state index in [4.69, 9.17) is 0 Å². The van der Waals surface area contributed by atoms with Crippen LogP contribution in [0.15, 0.2) is 29.2 Å². The van der Waals surface area contributed by atoms with E-state index in [2.05, 4.69) is 0 Å². The van der Waals surface area contributed by atoms with Crippen LogP contribution in [0.4, 0.5) is 13.2 Å². The molecule has 0 radical (unpaired) electrons. The molecule has 19 heavy (non-hydrogen) atoms.